The molecule has 1 aliphatic heterocycles. The molecule has 4 rings (SSSR count). The Kier molecular flexibility index (Phi) is 6.95. The van der Waals surface area contributed by atoms with Gasteiger partial charge in [0.15, 0.2) is 5.03 Å². The van der Waals surface area contributed by atoms with Crippen LogP contribution >= 0.6 is 0 Å². The van der Waals surface area contributed by atoms with Crippen LogP contribution < -0.4 is 4.90 Å². The molecule has 1 amide bonds. The van der Waals surface area contributed by atoms with Crippen LogP contribution in [0.25, 0.3) is 0 Å². The SMILES string of the molecule is Cc1nc(S(=O)(=O)N2CCC(C(=O)N(CCc3ccccc3)c3ccccc3)CC2)cn1C. The molecule has 2 heterocycles. The first-order chi connectivity index (χ1) is 15.9. The van der Waals surface area contributed by atoms with Crippen LogP contribution in [0.2, 0.25) is 0 Å². The summed E-state index contributed by atoms with van der Waals surface area (Å²) in [6.45, 7) is 2.99. The normalized spacial score (nSPS) is 15.5. The van der Waals surface area contributed by atoms with E-state index in [4.69, 9.17) is 0 Å². The minimum atomic E-state index is -3.66. The van der Waals surface area contributed by atoms with Crippen LogP contribution in [-0.2, 0) is 28.3 Å². The second kappa shape index (κ2) is 9.89. The van der Waals surface area contributed by atoms with Crippen molar-refractivity contribution < 1.29 is 13.2 Å². The molecule has 0 saturated carbocycles. The Balaban J connectivity index is 1.45. The van der Waals surface area contributed by atoms with Crippen molar-refractivity contribution in [2.75, 3.05) is 24.5 Å². The number of imidazole rings is 1. The Hall–Kier alpha value is -2.97. The quantitative estimate of drug-likeness (QED) is 0.535. The lowest BCUT2D eigenvalue weighted by Gasteiger charge is -2.33. The number of amides is 1. The highest BCUT2D eigenvalue weighted by molar-refractivity contribution is 7.89. The molecule has 0 radical (unpaired) electrons. The maximum Gasteiger partial charge on any atom is 0.262 e. The van der Waals surface area contributed by atoms with Crippen LogP contribution in [0.4, 0.5) is 5.69 Å². The summed E-state index contributed by atoms with van der Waals surface area (Å²) in [5.41, 5.74) is 2.05. The van der Waals surface area contributed by atoms with E-state index >= 15 is 0 Å². The van der Waals surface area contributed by atoms with Crippen molar-refractivity contribution in [1.82, 2.24) is 13.9 Å². The van der Waals surface area contributed by atoms with Gasteiger partial charge in [0, 0.05) is 44.5 Å². The van der Waals surface area contributed by atoms with Gasteiger partial charge in [-0.05, 0) is 43.9 Å². The number of carbonyl (C=O) groups excluding carboxylic acids is 1. The molecule has 1 aliphatic rings. The van der Waals surface area contributed by atoms with Crippen molar-refractivity contribution in [3.8, 4) is 0 Å². The van der Waals surface area contributed by atoms with Gasteiger partial charge in [-0.25, -0.2) is 13.4 Å². The lowest BCUT2D eigenvalue weighted by Crippen LogP contribution is -2.45. The van der Waals surface area contributed by atoms with Gasteiger partial charge in [-0.15, -0.1) is 0 Å². The van der Waals surface area contributed by atoms with Crippen LogP contribution in [0.1, 0.15) is 24.2 Å². The average Bonchev–Trinajstić information content (AvgIpc) is 3.19. The minimum Gasteiger partial charge on any atom is -0.337 e. The Morgan fingerprint density at radius 2 is 1.64 bits per heavy atom. The molecule has 1 saturated heterocycles. The van der Waals surface area contributed by atoms with E-state index in [1.165, 1.54) is 9.87 Å². The van der Waals surface area contributed by atoms with Crippen LogP contribution in [-0.4, -0.2) is 47.8 Å². The largest absolute Gasteiger partial charge is 0.337 e. The van der Waals surface area contributed by atoms with Gasteiger partial charge in [-0.3, -0.25) is 4.79 Å². The van der Waals surface area contributed by atoms with Crippen LogP contribution in [0.3, 0.4) is 0 Å². The Morgan fingerprint density at radius 1 is 1.03 bits per heavy atom. The maximum absolute atomic E-state index is 13.5. The van der Waals surface area contributed by atoms with Crippen molar-refractivity contribution in [3.05, 3.63) is 78.2 Å². The van der Waals surface area contributed by atoms with Gasteiger partial charge in [0.25, 0.3) is 10.0 Å². The molecule has 1 fully saturated rings. The second-order valence-electron chi connectivity index (χ2n) is 8.48. The van der Waals surface area contributed by atoms with E-state index in [-0.39, 0.29) is 16.9 Å². The summed E-state index contributed by atoms with van der Waals surface area (Å²) in [5, 5.41) is 0.0704. The highest BCUT2D eigenvalue weighted by Crippen LogP contribution is 2.27. The molecule has 0 bridgehead atoms. The first kappa shape index (κ1) is 23.2. The summed E-state index contributed by atoms with van der Waals surface area (Å²) < 4.78 is 29.2. The summed E-state index contributed by atoms with van der Waals surface area (Å²) in [6, 6.07) is 19.8. The topological polar surface area (TPSA) is 75.5 Å². The number of rotatable bonds is 7. The van der Waals surface area contributed by atoms with Gasteiger partial charge in [0.1, 0.15) is 5.82 Å². The summed E-state index contributed by atoms with van der Waals surface area (Å²) in [7, 11) is -1.88. The van der Waals surface area contributed by atoms with Gasteiger partial charge in [-0.2, -0.15) is 4.31 Å². The van der Waals surface area contributed by atoms with E-state index in [0.717, 1.165) is 12.1 Å². The van der Waals surface area contributed by atoms with Gasteiger partial charge in [0.05, 0.1) is 0 Å². The zero-order chi connectivity index (χ0) is 23.4. The number of sulfonamides is 1. The fraction of sp³-hybridized carbons (Fsp3) is 0.360. The molecule has 3 aromatic rings. The van der Waals surface area contributed by atoms with Gasteiger partial charge in [0.2, 0.25) is 5.91 Å². The number of benzene rings is 2. The summed E-state index contributed by atoms with van der Waals surface area (Å²) >= 11 is 0. The van der Waals surface area contributed by atoms with Gasteiger partial charge in [-0.1, -0.05) is 48.5 Å². The molecule has 0 unspecified atom stereocenters. The highest BCUT2D eigenvalue weighted by Gasteiger charge is 2.35. The minimum absolute atomic E-state index is 0.0582. The standard InChI is InChI=1S/C25H30N4O3S/c1-20-26-24(19-27(20)2)33(31,32)28-16-14-22(15-17-28)25(30)29(23-11-7-4-8-12-23)18-13-21-9-5-3-6-10-21/h3-12,19,22H,13-18H2,1-2H3. The van der Waals surface area contributed by atoms with E-state index in [0.29, 0.717) is 38.3 Å². The molecular weight excluding hydrogens is 436 g/mol. The lowest BCUT2D eigenvalue weighted by atomic mass is 9.96. The summed E-state index contributed by atoms with van der Waals surface area (Å²) in [6.07, 6.45) is 3.30. The van der Waals surface area contributed by atoms with Crippen molar-refractivity contribution in [1.29, 1.82) is 0 Å². The van der Waals surface area contributed by atoms with Gasteiger partial charge >= 0.3 is 0 Å². The van der Waals surface area contributed by atoms with E-state index in [1.807, 2.05) is 53.4 Å². The van der Waals surface area contributed by atoms with Crippen molar-refractivity contribution in [2.45, 2.75) is 31.2 Å². The van der Waals surface area contributed by atoms with E-state index in [9.17, 15) is 13.2 Å². The molecule has 0 aliphatic carbocycles. The predicted molar refractivity (Wildman–Crippen MR) is 128 cm³/mol. The molecule has 0 N–H and O–H groups in total. The van der Waals surface area contributed by atoms with Crippen LogP contribution in [0.15, 0.2) is 71.9 Å². The Labute approximate surface area is 195 Å². The third kappa shape index (κ3) is 5.17. The number of aryl methyl sites for hydroxylation is 2. The molecule has 0 atom stereocenters. The number of aromatic nitrogens is 2. The fourth-order valence-corrected chi connectivity index (χ4v) is 5.70. The Bertz CT molecular complexity index is 1170. The fourth-order valence-electron chi connectivity index (χ4n) is 4.21. The molecular formula is C25H30N4O3S. The number of carbonyl (C=O) groups is 1. The van der Waals surface area contributed by atoms with Crippen molar-refractivity contribution in [2.24, 2.45) is 13.0 Å². The van der Waals surface area contributed by atoms with Crippen LogP contribution in [0, 0.1) is 12.8 Å². The van der Waals surface area contributed by atoms with Crippen molar-refractivity contribution in [3.63, 3.8) is 0 Å². The zero-order valence-electron chi connectivity index (χ0n) is 19.1. The van der Waals surface area contributed by atoms with E-state index in [1.54, 1.807) is 24.7 Å². The molecule has 8 heteroatoms. The highest BCUT2D eigenvalue weighted by atomic mass is 32.2. The van der Waals surface area contributed by atoms with Crippen molar-refractivity contribution >= 4 is 21.6 Å². The third-order valence-electron chi connectivity index (χ3n) is 6.29. The van der Waals surface area contributed by atoms with E-state index < -0.39 is 10.0 Å². The molecule has 33 heavy (non-hydrogen) atoms. The Morgan fingerprint density at radius 3 is 2.21 bits per heavy atom. The number of hydrogen-bond donors (Lipinski definition) is 0. The first-order valence-electron chi connectivity index (χ1n) is 11.3. The molecule has 0 spiro atoms. The smallest absolute Gasteiger partial charge is 0.262 e. The maximum atomic E-state index is 13.5. The predicted octanol–water partition coefficient (Wildman–Crippen LogP) is 3.41. The zero-order valence-corrected chi connectivity index (χ0v) is 19.9. The molecule has 1 aromatic heterocycles. The number of nitrogens with zero attached hydrogens (tertiary/aromatic N) is 4. The second-order valence-corrected chi connectivity index (χ2v) is 10.4. The third-order valence-corrected chi connectivity index (χ3v) is 8.06. The number of anilines is 1. The molecule has 2 aromatic carbocycles. The van der Waals surface area contributed by atoms with Crippen LogP contribution in [0.5, 0.6) is 0 Å². The monoisotopic (exact) mass is 466 g/mol. The number of piperidine rings is 1. The molecule has 7 nitrogen and oxygen atoms in total. The molecule has 174 valence electrons. The summed E-state index contributed by atoms with van der Waals surface area (Å²) in [4.78, 5) is 19.6. The summed E-state index contributed by atoms with van der Waals surface area (Å²) in [5.74, 6) is 0.497. The average molecular weight is 467 g/mol. The lowest BCUT2D eigenvalue weighted by molar-refractivity contribution is -0.123. The van der Waals surface area contributed by atoms with Gasteiger partial charge < -0.3 is 9.47 Å². The first-order valence-corrected chi connectivity index (χ1v) is 12.7. The number of hydrogen-bond acceptors (Lipinski definition) is 4. The van der Waals surface area contributed by atoms with E-state index in [2.05, 4.69) is 17.1 Å². The number of para-hydroxylation sites is 1.